The molecule has 1 saturated carbocycles. The van der Waals surface area contributed by atoms with Crippen LogP contribution < -0.4 is 4.74 Å². The second-order valence-electron chi connectivity index (χ2n) is 4.10. The Labute approximate surface area is 100 Å². The standard InChI is InChI=1S/C12H15N3O2/c1-16-10-3-2-4-11(7-10)17-12-14-6-5-9(8-13)15-12/h5-6,10-11H,2-4,7H2,1H3. The molecule has 5 heteroatoms. The Balaban J connectivity index is 1.98. The van der Waals surface area contributed by atoms with E-state index in [1.54, 1.807) is 13.2 Å². The van der Waals surface area contributed by atoms with Crippen LogP contribution in [0.25, 0.3) is 0 Å². The zero-order valence-electron chi connectivity index (χ0n) is 9.80. The maximum Gasteiger partial charge on any atom is 0.317 e. The molecule has 0 amide bonds. The van der Waals surface area contributed by atoms with E-state index in [-0.39, 0.29) is 18.2 Å². The van der Waals surface area contributed by atoms with Gasteiger partial charge in [-0.1, -0.05) is 0 Å². The third-order valence-electron chi connectivity index (χ3n) is 2.93. The summed E-state index contributed by atoms with van der Waals surface area (Å²) in [6, 6.07) is 3.81. The molecule has 0 aromatic carbocycles. The zero-order valence-corrected chi connectivity index (χ0v) is 9.80. The average Bonchev–Trinajstić information content (AvgIpc) is 2.39. The van der Waals surface area contributed by atoms with Crippen LogP contribution in [0.1, 0.15) is 31.4 Å². The molecule has 0 N–H and O–H groups in total. The number of rotatable bonds is 3. The largest absolute Gasteiger partial charge is 0.460 e. The van der Waals surface area contributed by atoms with Gasteiger partial charge in [0.25, 0.3) is 0 Å². The van der Waals surface area contributed by atoms with Gasteiger partial charge in [-0.05, 0) is 25.3 Å². The van der Waals surface area contributed by atoms with E-state index in [1.807, 2.05) is 6.07 Å². The quantitative estimate of drug-likeness (QED) is 0.794. The lowest BCUT2D eigenvalue weighted by molar-refractivity contribution is 0.0178. The summed E-state index contributed by atoms with van der Waals surface area (Å²) in [5.74, 6) is 0. The van der Waals surface area contributed by atoms with Gasteiger partial charge in [0.1, 0.15) is 17.9 Å². The van der Waals surface area contributed by atoms with E-state index >= 15 is 0 Å². The van der Waals surface area contributed by atoms with E-state index in [0.717, 1.165) is 25.7 Å². The van der Waals surface area contributed by atoms with Crippen molar-refractivity contribution in [3.05, 3.63) is 18.0 Å². The van der Waals surface area contributed by atoms with Crippen molar-refractivity contribution in [3.63, 3.8) is 0 Å². The molecule has 0 radical (unpaired) electrons. The van der Waals surface area contributed by atoms with Gasteiger partial charge in [-0.15, -0.1) is 0 Å². The van der Waals surface area contributed by atoms with E-state index in [4.69, 9.17) is 14.7 Å². The van der Waals surface area contributed by atoms with Gasteiger partial charge in [-0.25, -0.2) is 4.98 Å². The summed E-state index contributed by atoms with van der Waals surface area (Å²) in [4.78, 5) is 8.01. The molecule has 0 spiro atoms. The van der Waals surface area contributed by atoms with Crippen LogP contribution in [-0.2, 0) is 4.74 Å². The normalized spacial score (nSPS) is 24.0. The summed E-state index contributed by atoms with van der Waals surface area (Å²) in [5.41, 5.74) is 0.328. The van der Waals surface area contributed by atoms with Gasteiger partial charge in [0.2, 0.25) is 0 Å². The van der Waals surface area contributed by atoms with E-state index in [1.165, 1.54) is 6.20 Å². The van der Waals surface area contributed by atoms with Gasteiger partial charge in [0.05, 0.1) is 6.10 Å². The van der Waals surface area contributed by atoms with Crippen molar-refractivity contribution in [1.29, 1.82) is 5.26 Å². The summed E-state index contributed by atoms with van der Waals surface area (Å²) in [6.45, 7) is 0. The number of hydrogen-bond donors (Lipinski definition) is 0. The van der Waals surface area contributed by atoms with Crippen LogP contribution in [0.2, 0.25) is 0 Å². The first-order valence-corrected chi connectivity index (χ1v) is 5.74. The highest BCUT2D eigenvalue weighted by molar-refractivity contribution is 5.19. The smallest absolute Gasteiger partial charge is 0.317 e. The van der Waals surface area contributed by atoms with E-state index in [2.05, 4.69) is 9.97 Å². The maximum absolute atomic E-state index is 8.73. The first-order chi connectivity index (χ1) is 8.31. The molecule has 0 bridgehead atoms. The molecule has 5 nitrogen and oxygen atoms in total. The monoisotopic (exact) mass is 233 g/mol. The second-order valence-corrected chi connectivity index (χ2v) is 4.10. The molecule has 1 heterocycles. The fourth-order valence-electron chi connectivity index (χ4n) is 2.03. The number of methoxy groups -OCH3 is 1. The van der Waals surface area contributed by atoms with Crippen LogP contribution in [-0.4, -0.2) is 29.3 Å². The van der Waals surface area contributed by atoms with Crippen molar-refractivity contribution in [2.75, 3.05) is 7.11 Å². The van der Waals surface area contributed by atoms with Gasteiger partial charge in [0, 0.05) is 19.7 Å². The number of ether oxygens (including phenoxy) is 2. The summed E-state index contributed by atoms with van der Waals surface area (Å²) in [7, 11) is 1.72. The lowest BCUT2D eigenvalue weighted by atomic mass is 9.95. The van der Waals surface area contributed by atoms with Crippen molar-refractivity contribution in [2.24, 2.45) is 0 Å². The number of nitriles is 1. The van der Waals surface area contributed by atoms with E-state index in [9.17, 15) is 0 Å². The predicted molar refractivity (Wildman–Crippen MR) is 60.4 cm³/mol. The van der Waals surface area contributed by atoms with Crippen LogP contribution in [0, 0.1) is 11.3 Å². The van der Waals surface area contributed by atoms with Crippen LogP contribution in [0.5, 0.6) is 6.01 Å². The van der Waals surface area contributed by atoms with Crippen molar-refractivity contribution in [1.82, 2.24) is 9.97 Å². The van der Waals surface area contributed by atoms with Crippen molar-refractivity contribution in [3.8, 4) is 12.1 Å². The summed E-state index contributed by atoms with van der Waals surface area (Å²) < 4.78 is 11.0. The Morgan fingerprint density at radius 1 is 1.41 bits per heavy atom. The molecule has 1 aliphatic carbocycles. The lowest BCUT2D eigenvalue weighted by Crippen LogP contribution is -2.30. The minimum Gasteiger partial charge on any atom is -0.460 e. The molecule has 17 heavy (non-hydrogen) atoms. The predicted octanol–water partition coefficient (Wildman–Crippen LogP) is 1.68. The minimum absolute atomic E-state index is 0.0858. The summed E-state index contributed by atoms with van der Waals surface area (Å²) in [5, 5.41) is 8.73. The van der Waals surface area contributed by atoms with Gasteiger partial charge in [0.15, 0.2) is 0 Å². The molecule has 1 aromatic rings. The molecule has 0 saturated heterocycles. The number of hydrogen-bond acceptors (Lipinski definition) is 5. The second kappa shape index (κ2) is 5.60. The molecule has 2 unspecified atom stereocenters. The fourth-order valence-corrected chi connectivity index (χ4v) is 2.03. The Hall–Kier alpha value is -1.67. The highest BCUT2D eigenvalue weighted by atomic mass is 16.5. The first-order valence-electron chi connectivity index (χ1n) is 5.74. The summed E-state index contributed by atoms with van der Waals surface area (Å²) in [6.07, 6.45) is 5.89. The zero-order chi connectivity index (χ0) is 12.1. The lowest BCUT2D eigenvalue weighted by Gasteiger charge is -2.27. The molecular weight excluding hydrogens is 218 g/mol. The number of aromatic nitrogens is 2. The topological polar surface area (TPSA) is 68.0 Å². The SMILES string of the molecule is COC1CCCC(Oc2nccc(C#N)n2)C1. The van der Waals surface area contributed by atoms with Gasteiger partial charge in [-0.2, -0.15) is 10.2 Å². The number of nitrogens with zero attached hydrogens (tertiary/aromatic N) is 3. The van der Waals surface area contributed by atoms with Crippen LogP contribution >= 0.6 is 0 Å². The van der Waals surface area contributed by atoms with Gasteiger partial charge >= 0.3 is 6.01 Å². The van der Waals surface area contributed by atoms with Crippen LogP contribution in [0.15, 0.2) is 12.3 Å². The minimum atomic E-state index is 0.0858. The van der Waals surface area contributed by atoms with Gasteiger partial charge in [-0.3, -0.25) is 0 Å². The Bertz CT molecular complexity index is 416. The Kier molecular flexibility index (Phi) is 3.89. The van der Waals surface area contributed by atoms with E-state index in [0.29, 0.717) is 5.69 Å². The highest BCUT2D eigenvalue weighted by Crippen LogP contribution is 2.23. The summed E-state index contributed by atoms with van der Waals surface area (Å²) >= 11 is 0. The molecule has 1 aliphatic rings. The molecule has 2 atom stereocenters. The van der Waals surface area contributed by atoms with Crippen molar-refractivity contribution in [2.45, 2.75) is 37.9 Å². The molecule has 2 rings (SSSR count). The Morgan fingerprint density at radius 2 is 2.24 bits per heavy atom. The van der Waals surface area contributed by atoms with Crippen molar-refractivity contribution >= 4 is 0 Å². The fraction of sp³-hybridized carbons (Fsp3) is 0.583. The van der Waals surface area contributed by atoms with Gasteiger partial charge < -0.3 is 9.47 Å². The molecule has 90 valence electrons. The third-order valence-corrected chi connectivity index (χ3v) is 2.93. The van der Waals surface area contributed by atoms with Crippen molar-refractivity contribution < 1.29 is 9.47 Å². The van der Waals surface area contributed by atoms with Crippen LogP contribution in [0.3, 0.4) is 0 Å². The molecular formula is C12H15N3O2. The Morgan fingerprint density at radius 3 is 3.00 bits per heavy atom. The highest BCUT2D eigenvalue weighted by Gasteiger charge is 2.23. The average molecular weight is 233 g/mol. The molecule has 1 fully saturated rings. The first kappa shape index (κ1) is 11.8. The van der Waals surface area contributed by atoms with E-state index < -0.39 is 0 Å². The molecule has 0 aliphatic heterocycles. The maximum atomic E-state index is 8.73. The van der Waals surface area contributed by atoms with Crippen LogP contribution in [0.4, 0.5) is 0 Å². The third kappa shape index (κ3) is 3.14. The molecule has 1 aromatic heterocycles.